The highest BCUT2D eigenvalue weighted by molar-refractivity contribution is 6.33. The maximum Gasteiger partial charge on any atom is 0.252 e. The molecule has 0 aromatic carbocycles. The number of pyridine rings is 1. The van der Waals surface area contributed by atoms with Crippen molar-refractivity contribution in [2.45, 2.75) is 39.5 Å². The van der Waals surface area contributed by atoms with Gasteiger partial charge in [-0.15, -0.1) is 0 Å². The molecule has 0 radical (unpaired) electrons. The topological polar surface area (TPSA) is 54.0 Å². The normalized spacial score (nSPS) is 21.9. The highest BCUT2D eigenvalue weighted by atomic mass is 35.5. The third-order valence-electron chi connectivity index (χ3n) is 4.05. The van der Waals surface area contributed by atoms with Gasteiger partial charge >= 0.3 is 0 Å². The highest BCUT2D eigenvalue weighted by Crippen LogP contribution is 2.28. The molecule has 1 amide bonds. The first-order valence-electron chi connectivity index (χ1n) is 7.77. The molecule has 116 valence electrons. The van der Waals surface area contributed by atoms with E-state index in [1.165, 1.54) is 31.9 Å². The van der Waals surface area contributed by atoms with Gasteiger partial charge in [0.05, 0.1) is 10.6 Å². The van der Waals surface area contributed by atoms with E-state index in [9.17, 15) is 4.79 Å². The van der Waals surface area contributed by atoms with Crippen molar-refractivity contribution in [1.82, 2.24) is 10.3 Å². The molecule has 2 atom stereocenters. The summed E-state index contributed by atoms with van der Waals surface area (Å²) in [5.41, 5.74) is 0.492. The van der Waals surface area contributed by atoms with Crippen LogP contribution in [0.4, 0.5) is 5.82 Å². The lowest BCUT2D eigenvalue weighted by atomic mass is 9.82. The second-order valence-corrected chi connectivity index (χ2v) is 6.33. The SMILES string of the molecule is CCNc1cc(C(=O)NCC2CCCC(C)C2)c(Cl)cn1. The average Bonchev–Trinajstić information content (AvgIpc) is 2.47. The number of hydrogen-bond acceptors (Lipinski definition) is 3. The minimum Gasteiger partial charge on any atom is -0.370 e. The third-order valence-corrected chi connectivity index (χ3v) is 4.36. The van der Waals surface area contributed by atoms with E-state index in [2.05, 4.69) is 22.5 Å². The minimum atomic E-state index is -0.111. The van der Waals surface area contributed by atoms with Crippen molar-refractivity contribution in [3.63, 3.8) is 0 Å². The zero-order valence-electron chi connectivity index (χ0n) is 12.8. The Bertz CT molecular complexity index is 492. The summed E-state index contributed by atoms with van der Waals surface area (Å²) in [6.07, 6.45) is 6.51. The number of halogens is 1. The molecular weight excluding hydrogens is 286 g/mol. The number of nitrogens with zero attached hydrogens (tertiary/aromatic N) is 1. The fourth-order valence-electron chi connectivity index (χ4n) is 2.97. The number of rotatable bonds is 5. The van der Waals surface area contributed by atoms with E-state index in [4.69, 9.17) is 11.6 Å². The van der Waals surface area contributed by atoms with Crippen LogP contribution in [0.1, 0.15) is 49.9 Å². The van der Waals surface area contributed by atoms with Crippen LogP contribution in [0.25, 0.3) is 0 Å². The molecule has 1 aliphatic carbocycles. The van der Waals surface area contributed by atoms with Gasteiger partial charge in [0.15, 0.2) is 0 Å². The molecule has 1 heterocycles. The largest absolute Gasteiger partial charge is 0.370 e. The Labute approximate surface area is 131 Å². The van der Waals surface area contributed by atoms with Crippen LogP contribution in [-0.2, 0) is 0 Å². The van der Waals surface area contributed by atoms with Crippen LogP contribution in [0.3, 0.4) is 0 Å². The lowest BCUT2D eigenvalue weighted by molar-refractivity contribution is 0.0941. The summed E-state index contributed by atoms with van der Waals surface area (Å²) in [6, 6.07) is 1.71. The number of carbonyl (C=O) groups is 1. The Kier molecular flexibility index (Phi) is 5.85. The first kappa shape index (κ1) is 16.1. The van der Waals surface area contributed by atoms with Gasteiger partial charge < -0.3 is 10.6 Å². The van der Waals surface area contributed by atoms with E-state index in [0.717, 1.165) is 19.0 Å². The molecule has 5 heteroatoms. The Morgan fingerprint density at radius 2 is 2.29 bits per heavy atom. The number of aromatic nitrogens is 1. The van der Waals surface area contributed by atoms with Gasteiger partial charge in [0.1, 0.15) is 5.82 Å². The summed E-state index contributed by atoms with van der Waals surface area (Å²) < 4.78 is 0. The molecule has 2 N–H and O–H groups in total. The molecule has 1 fully saturated rings. The second kappa shape index (κ2) is 7.64. The summed E-state index contributed by atoms with van der Waals surface area (Å²) in [6.45, 7) is 5.77. The first-order valence-corrected chi connectivity index (χ1v) is 8.15. The fraction of sp³-hybridized carbons (Fsp3) is 0.625. The number of hydrogen-bond donors (Lipinski definition) is 2. The van der Waals surface area contributed by atoms with Crippen LogP contribution in [0.15, 0.2) is 12.3 Å². The fourth-order valence-corrected chi connectivity index (χ4v) is 3.16. The van der Waals surface area contributed by atoms with E-state index in [1.54, 1.807) is 6.07 Å². The van der Waals surface area contributed by atoms with Crippen LogP contribution >= 0.6 is 11.6 Å². The maximum atomic E-state index is 12.3. The summed E-state index contributed by atoms with van der Waals surface area (Å²) >= 11 is 6.08. The average molecular weight is 310 g/mol. The Morgan fingerprint density at radius 1 is 1.48 bits per heavy atom. The highest BCUT2D eigenvalue weighted by Gasteiger charge is 2.20. The first-order chi connectivity index (χ1) is 10.1. The number of anilines is 1. The van der Waals surface area contributed by atoms with Gasteiger partial charge in [-0.2, -0.15) is 0 Å². The van der Waals surface area contributed by atoms with Crippen LogP contribution in [-0.4, -0.2) is 24.0 Å². The van der Waals surface area contributed by atoms with Gasteiger partial charge in [0, 0.05) is 19.3 Å². The van der Waals surface area contributed by atoms with Gasteiger partial charge in [-0.1, -0.05) is 31.4 Å². The number of nitrogens with one attached hydrogen (secondary N) is 2. The van der Waals surface area contributed by atoms with Crippen molar-refractivity contribution in [3.05, 3.63) is 22.8 Å². The molecule has 0 spiro atoms. The standard InChI is InChI=1S/C16H24ClN3O/c1-3-18-15-8-13(14(17)10-19-15)16(21)20-9-12-6-4-5-11(2)7-12/h8,10-12H,3-7,9H2,1-2H3,(H,18,19)(H,20,21). The summed E-state index contributed by atoms with van der Waals surface area (Å²) in [5.74, 6) is 1.93. The molecule has 4 nitrogen and oxygen atoms in total. The monoisotopic (exact) mass is 309 g/mol. The predicted octanol–water partition coefficient (Wildman–Crippen LogP) is 3.72. The predicted molar refractivity (Wildman–Crippen MR) is 86.9 cm³/mol. The lowest BCUT2D eigenvalue weighted by Gasteiger charge is -2.26. The van der Waals surface area contributed by atoms with E-state index in [-0.39, 0.29) is 5.91 Å². The van der Waals surface area contributed by atoms with Crippen molar-refractivity contribution in [2.24, 2.45) is 11.8 Å². The van der Waals surface area contributed by atoms with Crippen molar-refractivity contribution < 1.29 is 4.79 Å². The van der Waals surface area contributed by atoms with Gasteiger partial charge in [-0.25, -0.2) is 4.98 Å². The van der Waals surface area contributed by atoms with Crippen LogP contribution < -0.4 is 10.6 Å². The van der Waals surface area contributed by atoms with Crippen molar-refractivity contribution in [3.8, 4) is 0 Å². The molecular formula is C16H24ClN3O. The summed E-state index contributed by atoms with van der Waals surface area (Å²) in [5, 5.41) is 6.51. The van der Waals surface area contributed by atoms with Crippen LogP contribution in [0, 0.1) is 11.8 Å². The van der Waals surface area contributed by atoms with E-state index >= 15 is 0 Å². The molecule has 1 aromatic heterocycles. The van der Waals surface area contributed by atoms with Crippen molar-refractivity contribution >= 4 is 23.3 Å². The molecule has 0 bridgehead atoms. The molecule has 0 saturated heterocycles. The maximum absolute atomic E-state index is 12.3. The third kappa shape index (κ3) is 4.60. The zero-order chi connectivity index (χ0) is 15.2. The second-order valence-electron chi connectivity index (χ2n) is 5.93. The Hall–Kier alpha value is -1.29. The molecule has 0 aliphatic heterocycles. The number of carbonyl (C=O) groups excluding carboxylic acids is 1. The Balaban J connectivity index is 1.94. The van der Waals surface area contributed by atoms with Crippen LogP contribution in [0.5, 0.6) is 0 Å². The summed E-state index contributed by atoms with van der Waals surface area (Å²) in [4.78, 5) is 16.4. The molecule has 1 aliphatic rings. The zero-order valence-corrected chi connectivity index (χ0v) is 13.5. The van der Waals surface area contributed by atoms with Crippen LogP contribution in [0.2, 0.25) is 5.02 Å². The van der Waals surface area contributed by atoms with E-state index in [0.29, 0.717) is 22.3 Å². The number of amides is 1. The smallest absolute Gasteiger partial charge is 0.252 e. The molecule has 2 unspecified atom stereocenters. The molecule has 1 aromatic rings. The lowest BCUT2D eigenvalue weighted by Crippen LogP contribution is -2.31. The summed E-state index contributed by atoms with van der Waals surface area (Å²) in [7, 11) is 0. The van der Waals surface area contributed by atoms with E-state index < -0.39 is 0 Å². The van der Waals surface area contributed by atoms with E-state index in [1.807, 2.05) is 6.92 Å². The van der Waals surface area contributed by atoms with Gasteiger partial charge in [-0.05, 0) is 37.7 Å². The molecule has 2 rings (SSSR count). The molecule has 21 heavy (non-hydrogen) atoms. The molecule has 1 saturated carbocycles. The van der Waals surface area contributed by atoms with Crippen molar-refractivity contribution in [1.29, 1.82) is 0 Å². The van der Waals surface area contributed by atoms with Crippen molar-refractivity contribution in [2.75, 3.05) is 18.4 Å². The Morgan fingerprint density at radius 3 is 3.00 bits per heavy atom. The van der Waals surface area contributed by atoms with Gasteiger partial charge in [-0.3, -0.25) is 4.79 Å². The van der Waals surface area contributed by atoms with Gasteiger partial charge in [0.25, 0.3) is 5.91 Å². The quantitative estimate of drug-likeness (QED) is 0.871. The van der Waals surface area contributed by atoms with Gasteiger partial charge in [0.2, 0.25) is 0 Å². The minimum absolute atomic E-state index is 0.111.